The van der Waals surface area contributed by atoms with E-state index in [4.69, 9.17) is 0 Å². The Bertz CT molecular complexity index is 853. The van der Waals surface area contributed by atoms with Crippen molar-refractivity contribution in [2.45, 2.75) is 9.79 Å². The van der Waals surface area contributed by atoms with Gasteiger partial charge in [-0.2, -0.15) is 12.8 Å². The van der Waals surface area contributed by atoms with Gasteiger partial charge < -0.3 is 0 Å². The molecule has 2 rings (SSSR count). The second-order valence-corrected chi connectivity index (χ2v) is 8.01. The smallest absolute Gasteiger partial charge is 0.224 e. The summed E-state index contributed by atoms with van der Waals surface area (Å²) in [5.74, 6) is 0. The van der Waals surface area contributed by atoms with Crippen LogP contribution in [-0.4, -0.2) is 29.3 Å². The Balaban J connectivity index is 2.26. The Hall–Kier alpha value is -1.99. The summed E-state index contributed by atoms with van der Waals surface area (Å²) >= 11 is 0. The molecule has 0 atom stereocenters. The summed E-state index contributed by atoms with van der Waals surface area (Å²) in [6.07, 6.45) is 2.30. The van der Waals surface area contributed by atoms with E-state index < -0.39 is 19.9 Å². The standard InChI is InChI=1S/C14H13NO4S2/c1-20(16,17)13-9-7-12(8-10-13)11-15-21(18,19)14-5-3-2-4-6-14/h2-11H,1H3/b15-11+. The second kappa shape index (κ2) is 5.79. The summed E-state index contributed by atoms with van der Waals surface area (Å²) in [5.41, 5.74) is 0.502. The van der Waals surface area contributed by atoms with E-state index in [-0.39, 0.29) is 9.79 Å². The van der Waals surface area contributed by atoms with Gasteiger partial charge >= 0.3 is 0 Å². The number of hydrogen-bond donors (Lipinski definition) is 0. The van der Waals surface area contributed by atoms with Crippen LogP contribution in [0.4, 0.5) is 0 Å². The highest BCUT2D eigenvalue weighted by Crippen LogP contribution is 2.12. The molecule has 0 heterocycles. The zero-order chi connectivity index (χ0) is 15.5. The van der Waals surface area contributed by atoms with Crippen molar-refractivity contribution in [1.82, 2.24) is 0 Å². The lowest BCUT2D eigenvalue weighted by Crippen LogP contribution is -1.98. The van der Waals surface area contributed by atoms with E-state index in [1.165, 1.54) is 42.6 Å². The van der Waals surface area contributed by atoms with Crippen LogP contribution < -0.4 is 0 Å². The van der Waals surface area contributed by atoms with E-state index >= 15 is 0 Å². The third-order valence-electron chi connectivity index (χ3n) is 2.69. The second-order valence-electron chi connectivity index (χ2n) is 4.36. The first kappa shape index (κ1) is 15.4. The summed E-state index contributed by atoms with van der Waals surface area (Å²) in [5, 5.41) is 0. The molecule has 0 N–H and O–H groups in total. The maximum absolute atomic E-state index is 11.9. The first-order chi connectivity index (χ1) is 9.79. The number of sulfonamides is 1. The van der Waals surface area contributed by atoms with E-state index in [1.54, 1.807) is 18.2 Å². The summed E-state index contributed by atoms with van der Waals surface area (Å²) in [7, 11) is -7.01. The molecule has 0 aliphatic carbocycles. The van der Waals surface area contributed by atoms with Crippen LogP contribution in [0.15, 0.2) is 68.8 Å². The minimum Gasteiger partial charge on any atom is -0.224 e. The number of nitrogens with zero attached hydrogens (tertiary/aromatic N) is 1. The Labute approximate surface area is 123 Å². The topological polar surface area (TPSA) is 80.6 Å². The van der Waals surface area contributed by atoms with E-state index in [9.17, 15) is 16.8 Å². The molecule has 7 heteroatoms. The van der Waals surface area contributed by atoms with Gasteiger partial charge in [0.05, 0.1) is 9.79 Å². The van der Waals surface area contributed by atoms with Crippen molar-refractivity contribution in [3.63, 3.8) is 0 Å². The molecule has 0 unspecified atom stereocenters. The molecule has 21 heavy (non-hydrogen) atoms. The SMILES string of the molecule is CS(=O)(=O)c1ccc(/C=N/S(=O)(=O)c2ccccc2)cc1. The van der Waals surface area contributed by atoms with Gasteiger partial charge in [-0.05, 0) is 29.8 Å². The number of sulfone groups is 1. The Kier molecular flexibility index (Phi) is 4.24. The van der Waals surface area contributed by atoms with Gasteiger partial charge in [0.25, 0.3) is 10.0 Å². The first-order valence-electron chi connectivity index (χ1n) is 5.94. The molecule has 0 fully saturated rings. The average molecular weight is 323 g/mol. The maximum Gasteiger partial charge on any atom is 0.282 e. The van der Waals surface area contributed by atoms with Crippen molar-refractivity contribution in [3.8, 4) is 0 Å². The van der Waals surface area contributed by atoms with Crippen molar-refractivity contribution >= 4 is 26.1 Å². The molecule has 0 saturated heterocycles. The minimum atomic E-state index is -3.75. The van der Waals surface area contributed by atoms with E-state index in [1.807, 2.05) is 0 Å². The molecule has 2 aromatic carbocycles. The Morgan fingerprint density at radius 3 is 1.90 bits per heavy atom. The molecule has 0 aromatic heterocycles. The van der Waals surface area contributed by atoms with Gasteiger partial charge in [-0.15, -0.1) is 0 Å². The molecule has 0 aliphatic rings. The normalized spacial score (nSPS) is 12.6. The van der Waals surface area contributed by atoms with Crippen LogP contribution >= 0.6 is 0 Å². The highest BCUT2D eigenvalue weighted by atomic mass is 32.2. The summed E-state index contributed by atoms with van der Waals surface area (Å²) in [6, 6.07) is 13.7. The van der Waals surface area contributed by atoms with Gasteiger partial charge in [-0.25, -0.2) is 8.42 Å². The van der Waals surface area contributed by atoms with Gasteiger partial charge in [0.15, 0.2) is 9.84 Å². The van der Waals surface area contributed by atoms with Gasteiger partial charge in [-0.3, -0.25) is 0 Å². The monoisotopic (exact) mass is 323 g/mol. The molecule has 0 aliphatic heterocycles. The fourth-order valence-electron chi connectivity index (χ4n) is 1.58. The summed E-state index contributed by atoms with van der Waals surface area (Å²) < 4.78 is 50.1. The zero-order valence-corrected chi connectivity index (χ0v) is 12.8. The maximum atomic E-state index is 11.9. The quantitative estimate of drug-likeness (QED) is 0.805. The average Bonchev–Trinajstić information content (AvgIpc) is 2.46. The van der Waals surface area contributed by atoms with Gasteiger partial charge in [0, 0.05) is 12.5 Å². The molecular formula is C14H13NO4S2. The van der Waals surface area contributed by atoms with E-state index in [2.05, 4.69) is 4.40 Å². The molecule has 0 saturated carbocycles. The zero-order valence-electron chi connectivity index (χ0n) is 11.2. The van der Waals surface area contributed by atoms with Crippen LogP contribution in [0.3, 0.4) is 0 Å². The Morgan fingerprint density at radius 1 is 0.810 bits per heavy atom. The third kappa shape index (κ3) is 3.99. The molecule has 0 amide bonds. The predicted molar refractivity (Wildman–Crippen MR) is 80.8 cm³/mol. The van der Waals surface area contributed by atoms with Crippen LogP contribution in [0.5, 0.6) is 0 Å². The van der Waals surface area contributed by atoms with Gasteiger partial charge in [0.2, 0.25) is 0 Å². The highest BCUT2D eigenvalue weighted by molar-refractivity contribution is 7.90. The van der Waals surface area contributed by atoms with Gasteiger partial charge in [-0.1, -0.05) is 30.3 Å². The lowest BCUT2D eigenvalue weighted by atomic mass is 10.2. The van der Waals surface area contributed by atoms with Crippen molar-refractivity contribution < 1.29 is 16.8 Å². The fourth-order valence-corrected chi connectivity index (χ4v) is 3.10. The van der Waals surface area contributed by atoms with Crippen LogP contribution in [-0.2, 0) is 19.9 Å². The van der Waals surface area contributed by atoms with Crippen molar-refractivity contribution in [2.75, 3.05) is 6.26 Å². The van der Waals surface area contributed by atoms with Crippen molar-refractivity contribution in [3.05, 3.63) is 60.2 Å². The fraction of sp³-hybridized carbons (Fsp3) is 0.0714. The summed E-state index contributed by atoms with van der Waals surface area (Å²) in [6.45, 7) is 0. The molecule has 2 aromatic rings. The molecule has 0 radical (unpaired) electrons. The first-order valence-corrected chi connectivity index (χ1v) is 9.28. The lowest BCUT2D eigenvalue weighted by Gasteiger charge is -1.99. The molecular weight excluding hydrogens is 310 g/mol. The van der Waals surface area contributed by atoms with Gasteiger partial charge in [0.1, 0.15) is 0 Å². The third-order valence-corrected chi connectivity index (χ3v) is 5.07. The van der Waals surface area contributed by atoms with E-state index in [0.717, 1.165) is 6.26 Å². The van der Waals surface area contributed by atoms with Crippen LogP contribution in [0, 0.1) is 0 Å². The number of hydrogen-bond acceptors (Lipinski definition) is 4. The Morgan fingerprint density at radius 2 is 1.38 bits per heavy atom. The number of rotatable bonds is 4. The molecule has 0 bridgehead atoms. The van der Waals surface area contributed by atoms with Crippen LogP contribution in [0.25, 0.3) is 0 Å². The lowest BCUT2D eigenvalue weighted by molar-refractivity contribution is 0.597. The molecule has 110 valence electrons. The van der Waals surface area contributed by atoms with Crippen LogP contribution in [0.1, 0.15) is 5.56 Å². The summed E-state index contributed by atoms with van der Waals surface area (Å²) in [4.78, 5) is 0.277. The minimum absolute atomic E-state index is 0.106. The molecule has 5 nitrogen and oxygen atoms in total. The van der Waals surface area contributed by atoms with Crippen LogP contribution in [0.2, 0.25) is 0 Å². The predicted octanol–water partition coefficient (Wildman–Crippen LogP) is 1.90. The van der Waals surface area contributed by atoms with E-state index in [0.29, 0.717) is 5.56 Å². The number of benzene rings is 2. The molecule has 0 spiro atoms. The van der Waals surface area contributed by atoms with Crippen molar-refractivity contribution in [2.24, 2.45) is 4.40 Å². The highest BCUT2D eigenvalue weighted by Gasteiger charge is 2.10. The largest absolute Gasteiger partial charge is 0.282 e. The van der Waals surface area contributed by atoms with Crippen molar-refractivity contribution in [1.29, 1.82) is 0 Å².